The third-order valence-corrected chi connectivity index (χ3v) is 2.73. The van der Waals surface area contributed by atoms with Gasteiger partial charge in [0.2, 0.25) is 0 Å². The lowest BCUT2D eigenvalue weighted by molar-refractivity contribution is 0.0688. The van der Waals surface area contributed by atoms with Gasteiger partial charge >= 0.3 is 11.9 Å². The number of carbonyl (C=O) groups is 2. The summed E-state index contributed by atoms with van der Waals surface area (Å²) >= 11 is 0. The number of hydrogen-bond acceptors (Lipinski definition) is 2. The molecule has 2 rings (SSSR count). The zero-order chi connectivity index (χ0) is 13.3. The maximum Gasteiger partial charge on any atom is 0.336 e. The van der Waals surface area contributed by atoms with Crippen molar-refractivity contribution in [1.29, 1.82) is 0 Å². The minimum atomic E-state index is -1.06. The lowest BCUT2D eigenvalue weighted by atomic mass is 9.97. The van der Waals surface area contributed by atoms with Crippen molar-refractivity contribution in [3.05, 3.63) is 53.6 Å². The molecular weight excluding hydrogens is 232 g/mol. The molecule has 2 N–H and O–H groups in total. The van der Waals surface area contributed by atoms with Gasteiger partial charge in [-0.05, 0) is 28.5 Å². The number of carboxylic acids is 2. The highest BCUT2D eigenvalue weighted by Crippen LogP contribution is 2.24. The first-order valence-corrected chi connectivity index (χ1v) is 5.20. The van der Waals surface area contributed by atoms with Crippen LogP contribution in [0.4, 0.5) is 0 Å². The third-order valence-electron chi connectivity index (χ3n) is 2.73. The van der Waals surface area contributed by atoms with E-state index in [1.165, 1.54) is 24.3 Å². The summed E-state index contributed by atoms with van der Waals surface area (Å²) in [6.45, 7) is 3.57. The Hall–Kier alpha value is -2.62. The molecule has 4 heteroatoms. The fourth-order valence-corrected chi connectivity index (χ4v) is 1.89. The van der Waals surface area contributed by atoms with Crippen LogP contribution >= 0.6 is 0 Å². The molecule has 0 saturated heterocycles. The standard InChI is InChI=1S/C14H10O4/c1-2-8-3-4-9-7-10(13(15)16)5-6-11(9)12(8)14(17)18/h2-7H,1H2,(H,15,16)(H,17,18). The maximum absolute atomic E-state index is 11.2. The normalized spacial score (nSPS) is 10.2. The zero-order valence-corrected chi connectivity index (χ0v) is 9.38. The van der Waals surface area contributed by atoms with Gasteiger partial charge in [0.05, 0.1) is 11.1 Å². The molecule has 18 heavy (non-hydrogen) atoms. The first-order chi connectivity index (χ1) is 8.54. The molecule has 0 unspecified atom stereocenters. The van der Waals surface area contributed by atoms with Crippen molar-refractivity contribution >= 4 is 28.8 Å². The van der Waals surface area contributed by atoms with Crippen LogP contribution in [0, 0.1) is 0 Å². The van der Waals surface area contributed by atoms with Gasteiger partial charge in [-0.25, -0.2) is 9.59 Å². The zero-order valence-electron chi connectivity index (χ0n) is 9.38. The molecule has 0 aliphatic rings. The Balaban J connectivity index is 2.82. The van der Waals surface area contributed by atoms with E-state index in [0.29, 0.717) is 16.3 Å². The Morgan fingerprint density at radius 3 is 2.33 bits per heavy atom. The van der Waals surface area contributed by atoms with Crippen molar-refractivity contribution in [3.8, 4) is 0 Å². The predicted octanol–water partition coefficient (Wildman–Crippen LogP) is 2.88. The Morgan fingerprint density at radius 1 is 1.06 bits per heavy atom. The van der Waals surface area contributed by atoms with Crippen LogP contribution in [0.15, 0.2) is 36.9 Å². The molecule has 2 aromatic carbocycles. The summed E-state index contributed by atoms with van der Waals surface area (Å²) in [5.74, 6) is -2.10. The Bertz CT molecular complexity index is 671. The van der Waals surface area contributed by atoms with Crippen LogP contribution < -0.4 is 0 Å². The summed E-state index contributed by atoms with van der Waals surface area (Å²) < 4.78 is 0. The SMILES string of the molecule is C=Cc1ccc2cc(C(=O)O)ccc2c1C(=O)O. The molecule has 0 radical (unpaired) electrons. The Kier molecular flexibility index (Phi) is 2.85. The van der Waals surface area contributed by atoms with Gasteiger partial charge in [0.15, 0.2) is 0 Å². The van der Waals surface area contributed by atoms with E-state index in [2.05, 4.69) is 6.58 Å². The van der Waals surface area contributed by atoms with Crippen LogP contribution in [-0.4, -0.2) is 22.2 Å². The minimum absolute atomic E-state index is 0.130. The van der Waals surface area contributed by atoms with Gasteiger partial charge in [0, 0.05) is 0 Å². The lowest BCUT2D eigenvalue weighted by Gasteiger charge is -2.07. The van der Waals surface area contributed by atoms with E-state index in [4.69, 9.17) is 5.11 Å². The highest BCUT2D eigenvalue weighted by molar-refractivity contribution is 6.08. The molecule has 0 amide bonds. The molecule has 4 nitrogen and oxygen atoms in total. The minimum Gasteiger partial charge on any atom is -0.478 e. The molecule has 0 saturated carbocycles. The van der Waals surface area contributed by atoms with E-state index in [-0.39, 0.29) is 11.1 Å². The molecule has 0 atom stereocenters. The monoisotopic (exact) mass is 242 g/mol. The van der Waals surface area contributed by atoms with E-state index in [0.717, 1.165) is 0 Å². The quantitative estimate of drug-likeness (QED) is 0.867. The molecule has 0 fully saturated rings. The summed E-state index contributed by atoms with van der Waals surface area (Å²) in [7, 11) is 0. The van der Waals surface area contributed by atoms with Crippen molar-refractivity contribution < 1.29 is 19.8 Å². The third kappa shape index (κ3) is 1.84. The number of carboxylic acid groups (broad SMARTS) is 2. The molecular formula is C14H10O4. The van der Waals surface area contributed by atoms with Crippen LogP contribution in [0.1, 0.15) is 26.3 Å². The number of rotatable bonds is 3. The second kappa shape index (κ2) is 4.33. The fourth-order valence-electron chi connectivity index (χ4n) is 1.89. The van der Waals surface area contributed by atoms with Gasteiger partial charge in [-0.2, -0.15) is 0 Å². The number of benzene rings is 2. The summed E-state index contributed by atoms with van der Waals surface area (Å²) in [6.07, 6.45) is 1.47. The van der Waals surface area contributed by atoms with Crippen molar-refractivity contribution in [2.45, 2.75) is 0 Å². The van der Waals surface area contributed by atoms with E-state index in [9.17, 15) is 14.7 Å². The van der Waals surface area contributed by atoms with Crippen LogP contribution in [0.2, 0.25) is 0 Å². The molecule has 0 heterocycles. The second-order valence-electron chi connectivity index (χ2n) is 3.78. The summed E-state index contributed by atoms with van der Waals surface area (Å²) in [5.41, 5.74) is 0.780. The van der Waals surface area contributed by atoms with Gasteiger partial charge in [-0.3, -0.25) is 0 Å². The molecule has 2 aromatic rings. The average Bonchev–Trinajstić information content (AvgIpc) is 2.36. The van der Waals surface area contributed by atoms with E-state index >= 15 is 0 Å². The van der Waals surface area contributed by atoms with Gasteiger partial charge in [-0.15, -0.1) is 0 Å². The number of fused-ring (bicyclic) bond motifs is 1. The van der Waals surface area contributed by atoms with Crippen molar-refractivity contribution in [2.75, 3.05) is 0 Å². The van der Waals surface area contributed by atoms with Crippen molar-refractivity contribution in [3.63, 3.8) is 0 Å². The molecule has 0 bridgehead atoms. The van der Waals surface area contributed by atoms with Crippen LogP contribution in [0.25, 0.3) is 16.8 Å². The average molecular weight is 242 g/mol. The second-order valence-corrected chi connectivity index (χ2v) is 3.78. The van der Waals surface area contributed by atoms with Crippen molar-refractivity contribution in [2.24, 2.45) is 0 Å². The van der Waals surface area contributed by atoms with Crippen molar-refractivity contribution in [1.82, 2.24) is 0 Å². The molecule has 0 aliphatic heterocycles. The molecule has 0 aliphatic carbocycles. The van der Waals surface area contributed by atoms with Gasteiger partial charge in [0.1, 0.15) is 0 Å². The lowest BCUT2D eigenvalue weighted by Crippen LogP contribution is -2.02. The summed E-state index contributed by atoms with van der Waals surface area (Å²) in [4.78, 5) is 22.1. The molecule has 90 valence electrons. The van der Waals surface area contributed by atoms with E-state index in [1.807, 2.05) is 0 Å². The van der Waals surface area contributed by atoms with Gasteiger partial charge in [-0.1, -0.05) is 30.9 Å². The highest BCUT2D eigenvalue weighted by atomic mass is 16.4. The maximum atomic E-state index is 11.2. The topological polar surface area (TPSA) is 74.6 Å². The summed E-state index contributed by atoms with van der Waals surface area (Å²) in [5, 5.41) is 19.2. The Morgan fingerprint density at radius 2 is 1.78 bits per heavy atom. The fraction of sp³-hybridized carbons (Fsp3) is 0. The van der Waals surface area contributed by atoms with E-state index in [1.54, 1.807) is 12.1 Å². The Labute approximate surface area is 103 Å². The van der Waals surface area contributed by atoms with Crippen LogP contribution in [0.5, 0.6) is 0 Å². The first kappa shape index (κ1) is 11.9. The number of aromatic carboxylic acids is 2. The molecule has 0 spiro atoms. The first-order valence-electron chi connectivity index (χ1n) is 5.20. The molecule has 0 aromatic heterocycles. The number of hydrogen-bond donors (Lipinski definition) is 2. The van der Waals surface area contributed by atoms with Gasteiger partial charge < -0.3 is 10.2 Å². The van der Waals surface area contributed by atoms with E-state index < -0.39 is 11.9 Å². The van der Waals surface area contributed by atoms with Crippen LogP contribution in [-0.2, 0) is 0 Å². The smallest absolute Gasteiger partial charge is 0.336 e. The van der Waals surface area contributed by atoms with Gasteiger partial charge in [0.25, 0.3) is 0 Å². The largest absolute Gasteiger partial charge is 0.478 e. The van der Waals surface area contributed by atoms with Crippen LogP contribution in [0.3, 0.4) is 0 Å². The highest BCUT2D eigenvalue weighted by Gasteiger charge is 2.14. The predicted molar refractivity (Wildman–Crippen MR) is 68.0 cm³/mol. The summed E-state index contributed by atoms with van der Waals surface area (Å²) in [6, 6.07) is 7.66.